The van der Waals surface area contributed by atoms with E-state index in [9.17, 15) is 5.11 Å². The Morgan fingerprint density at radius 2 is 2.00 bits per heavy atom. The first-order valence-corrected chi connectivity index (χ1v) is 5.81. The molecule has 3 heteroatoms. The molecule has 1 rings (SSSR count). The lowest BCUT2D eigenvalue weighted by Gasteiger charge is -2.18. The molecule has 94 valence electrons. The van der Waals surface area contributed by atoms with Crippen LogP contribution in [-0.2, 0) is 11.3 Å². The largest absolute Gasteiger partial charge is 0.394 e. The zero-order valence-electron chi connectivity index (χ0n) is 9.96. The summed E-state index contributed by atoms with van der Waals surface area (Å²) in [6, 6.07) is 9.87. The van der Waals surface area contributed by atoms with Crippen LogP contribution in [0.3, 0.4) is 0 Å². The third-order valence-electron chi connectivity index (χ3n) is 2.50. The first-order valence-electron chi connectivity index (χ1n) is 5.81. The van der Waals surface area contributed by atoms with Gasteiger partial charge in [-0.15, -0.1) is 6.58 Å². The molecule has 0 aliphatic rings. The minimum Gasteiger partial charge on any atom is -0.394 e. The van der Waals surface area contributed by atoms with Crippen molar-refractivity contribution >= 4 is 0 Å². The smallest absolute Gasteiger partial charge is 0.0795 e. The van der Waals surface area contributed by atoms with E-state index < -0.39 is 6.10 Å². The monoisotopic (exact) mass is 236 g/mol. The van der Waals surface area contributed by atoms with Crippen LogP contribution in [-0.4, -0.2) is 29.0 Å². The fourth-order valence-corrected chi connectivity index (χ4v) is 1.58. The standard InChI is InChI=1S/C14H20O3/c1-2-6-14(9-13(16)10-15)17-11-12-7-4-3-5-8-12/h2-5,7-8,13-16H,1,6,9-11H2/t13-,14+/m0/s1. The maximum atomic E-state index is 9.39. The van der Waals surface area contributed by atoms with Crippen LogP contribution < -0.4 is 0 Å². The molecule has 0 heterocycles. The summed E-state index contributed by atoms with van der Waals surface area (Å²) < 4.78 is 5.70. The second-order valence-electron chi connectivity index (χ2n) is 4.02. The third kappa shape index (κ3) is 5.63. The Labute approximate surface area is 102 Å². The van der Waals surface area contributed by atoms with Crippen LogP contribution in [0.5, 0.6) is 0 Å². The van der Waals surface area contributed by atoms with Crippen LogP contribution in [0, 0.1) is 0 Å². The molecule has 17 heavy (non-hydrogen) atoms. The van der Waals surface area contributed by atoms with Crippen LogP contribution in [0.2, 0.25) is 0 Å². The minimum atomic E-state index is -0.726. The van der Waals surface area contributed by atoms with E-state index in [0.29, 0.717) is 19.4 Å². The molecule has 0 amide bonds. The minimum absolute atomic E-state index is 0.102. The maximum absolute atomic E-state index is 9.39. The molecule has 0 aliphatic heterocycles. The Kier molecular flexibility index (Phi) is 6.55. The molecule has 0 saturated heterocycles. The molecule has 1 aromatic rings. The van der Waals surface area contributed by atoms with E-state index in [1.165, 1.54) is 0 Å². The summed E-state index contributed by atoms with van der Waals surface area (Å²) in [4.78, 5) is 0. The highest BCUT2D eigenvalue weighted by Crippen LogP contribution is 2.11. The van der Waals surface area contributed by atoms with Gasteiger partial charge in [0.25, 0.3) is 0 Å². The highest BCUT2D eigenvalue weighted by Gasteiger charge is 2.13. The first kappa shape index (κ1) is 13.9. The Balaban J connectivity index is 2.41. The molecule has 2 N–H and O–H groups in total. The van der Waals surface area contributed by atoms with Gasteiger partial charge in [0.1, 0.15) is 0 Å². The van der Waals surface area contributed by atoms with Gasteiger partial charge in [-0.25, -0.2) is 0 Å². The number of rotatable bonds is 8. The van der Waals surface area contributed by atoms with Crippen LogP contribution in [0.4, 0.5) is 0 Å². The first-order chi connectivity index (χ1) is 8.26. The molecular formula is C14H20O3. The van der Waals surface area contributed by atoms with Crippen molar-refractivity contribution in [2.75, 3.05) is 6.61 Å². The summed E-state index contributed by atoms with van der Waals surface area (Å²) in [6.45, 7) is 3.94. The Bertz CT molecular complexity index is 311. The van der Waals surface area contributed by atoms with Crippen molar-refractivity contribution in [3.63, 3.8) is 0 Å². The van der Waals surface area contributed by atoms with E-state index >= 15 is 0 Å². The second kappa shape index (κ2) is 8.01. The van der Waals surface area contributed by atoms with Gasteiger partial charge >= 0.3 is 0 Å². The summed E-state index contributed by atoms with van der Waals surface area (Å²) in [5.74, 6) is 0. The summed E-state index contributed by atoms with van der Waals surface area (Å²) in [5.41, 5.74) is 1.10. The number of ether oxygens (including phenoxy) is 1. The van der Waals surface area contributed by atoms with E-state index in [4.69, 9.17) is 9.84 Å². The average Bonchev–Trinajstić information content (AvgIpc) is 2.37. The predicted octanol–water partition coefficient (Wildman–Crippen LogP) is 1.89. The molecule has 3 nitrogen and oxygen atoms in total. The quantitative estimate of drug-likeness (QED) is 0.678. The Morgan fingerprint density at radius 3 is 2.59 bits per heavy atom. The van der Waals surface area contributed by atoms with Gasteiger partial charge in [-0.3, -0.25) is 0 Å². The van der Waals surface area contributed by atoms with Crippen LogP contribution in [0.15, 0.2) is 43.0 Å². The second-order valence-corrected chi connectivity index (χ2v) is 4.02. The van der Waals surface area contributed by atoms with Gasteiger partial charge in [-0.2, -0.15) is 0 Å². The number of hydrogen-bond acceptors (Lipinski definition) is 3. The zero-order chi connectivity index (χ0) is 12.5. The molecular weight excluding hydrogens is 216 g/mol. The Hall–Kier alpha value is -1.16. The van der Waals surface area contributed by atoms with Gasteiger partial charge in [0.15, 0.2) is 0 Å². The molecule has 0 aromatic heterocycles. The zero-order valence-corrected chi connectivity index (χ0v) is 9.96. The fourth-order valence-electron chi connectivity index (χ4n) is 1.58. The van der Waals surface area contributed by atoms with Gasteiger partial charge in [0, 0.05) is 6.42 Å². The third-order valence-corrected chi connectivity index (χ3v) is 2.50. The molecule has 0 bridgehead atoms. The summed E-state index contributed by atoms with van der Waals surface area (Å²) in [7, 11) is 0. The Morgan fingerprint density at radius 1 is 1.29 bits per heavy atom. The molecule has 0 aliphatic carbocycles. The summed E-state index contributed by atoms with van der Waals surface area (Å²) >= 11 is 0. The number of aliphatic hydroxyl groups is 2. The van der Waals surface area contributed by atoms with E-state index in [0.717, 1.165) is 5.56 Å². The van der Waals surface area contributed by atoms with Crippen molar-refractivity contribution in [3.8, 4) is 0 Å². The summed E-state index contributed by atoms with van der Waals surface area (Å²) in [5, 5.41) is 18.2. The van der Waals surface area contributed by atoms with Crippen LogP contribution in [0.25, 0.3) is 0 Å². The van der Waals surface area contributed by atoms with Gasteiger partial charge in [0.05, 0.1) is 25.4 Å². The van der Waals surface area contributed by atoms with Gasteiger partial charge in [0.2, 0.25) is 0 Å². The van der Waals surface area contributed by atoms with Crippen LogP contribution >= 0.6 is 0 Å². The summed E-state index contributed by atoms with van der Waals surface area (Å²) in [6.07, 6.45) is 2.03. The van der Waals surface area contributed by atoms with Crippen molar-refractivity contribution in [3.05, 3.63) is 48.6 Å². The SMILES string of the molecule is C=CC[C@H](C[C@H](O)CO)OCc1ccccc1. The van der Waals surface area contributed by atoms with E-state index in [1.807, 2.05) is 30.3 Å². The normalized spacial score (nSPS) is 14.2. The van der Waals surface area contributed by atoms with Gasteiger partial charge in [-0.05, 0) is 12.0 Å². The molecule has 1 aromatic carbocycles. The average molecular weight is 236 g/mol. The lowest BCUT2D eigenvalue weighted by atomic mass is 10.1. The fraction of sp³-hybridized carbons (Fsp3) is 0.429. The van der Waals surface area contributed by atoms with Crippen LogP contribution in [0.1, 0.15) is 18.4 Å². The lowest BCUT2D eigenvalue weighted by Crippen LogP contribution is -2.23. The highest BCUT2D eigenvalue weighted by atomic mass is 16.5. The van der Waals surface area contributed by atoms with Crippen molar-refractivity contribution in [2.45, 2.75) is 31.7 Å². The number of hydrogen-bond donors (Lipinski definition) is 2. The topological polar surface area (TPSA) is 49.7 Å². The molecule has 0 fully saturated rings. The molecule has 0 radical (unpaired) electrons. The van der Waals surface area contributed by atoms with E-state index in [1.54, 1.807) is 6.08 Å². The molecule has 0 spiro atoms. The van der Waals surface area contributed by atoms with Crippen molar-refractivity contribution < 1.29 is 14.9 Å². The van der Waals surface area contributed by atoms with Crippen molar-refractivity contribution in [2.24, 2.45) is 0 Å². The van der Waals surface area contributed by atoms with Gasteiger partial charge in [-0.1, -0.05) is 36.4 Å². The molecule has 2 atom stereocenters. The molecule has 0 saturated carbocycles. The number of aliphatic hydroxyl groups excluding tert-OH is 2. The lowest BCUT2D eigenvalue weighted by molar-refractivity contribution is -0.00853. The van der Waals surface area contributed by atoms with E-state index in [2.05, 4.69) is 6.58 Å². The highest BCUT2D eigenvalue weighted by molar-refractivity contribution is 5.13. The van der Waals surface area contributed by atoms with Gasteiger partial charge < -0.3 is 14.9 Å². The van der Waals surface area contributed by atoms with E-state index in [-0.39, 0.29) is 12.7 Å². The van der Waals surface area contributed by atoms with Crippen molar-refractivity contribution in [1.29, 1.82) is 0 Å². The maximum Gasteiger partial charge on any atom is 0.0795 e. The predicted molar refractivity (Wildman–Crippen MR) is 67.5 cm³/mol. The molecule has 0 unspecified atom stereocenters. The van der Waals surface area contributed by atoms with Crippen molar-refractivity contribution in [1.82, 2.24) is 0 Å². The number of benzene rings is 1.